The van der Waals surface area contributed by atoms with Crippen LogP contribution in [0.4, 0.5) is 0 Å². The molecule has 0 spiro atoms. The number of hydrogen-bond acceptors (Lipinski definition) is 3. The molecule has 1 aliphatic rings. The van der Waals surface area contributed by atoms with Gasteiger partial charge in [0.25, 0.3) is 0 Å². The fourth-order valence-corrected chi connectivity index (χ4v) is 1.67. The Kier molecular flexibility index (Phi) is 4.18. The van der Waals surface area contributed by atoms with E-state index < -0.39 is 5.97 Å². The number of aliphatic carboxylic acids is 1. The third-order valence-electron chi connectivity index (χ3n) is 2.43. The molecule has 1 atom stereocenters. The van der Waals surface area contributed by atoms with Crippen molar-refractivity contribution in [2.75, 3.05) is 26.8 Å². The highest BCUT2D eigenvalue weighted by Gasteiger charge is 2.18. The average Bonchev–Trinajstić information content (AvgIpc) is 2.29. The summed E-state index contributed by atoms with van der Waals surface area (Å²) in [5, 5.41) is 8.61. The summed E-state index contributed by atoms with van der Waals surface area (Å²) < 4.78 is 5.31. The molecule has 0 aliphatic carbocycles. The van der Waals surface area contributed by atoms with Crippen molar-refractivity contribution in [3.05, 3.63) is 0 Å². The van der Waals surface area contributed by atoms with E-state index in [0.29, 0.717) is 6.04 Å². The van der Waals surface area contributed by atoms with Crippen LogP contribution in [0.2, 0.25) is 0 Å². The molecule has 1 fully saturated rings. The van der Waals surface area contributed by atoms with Gasteiger partial charge in [-0.3, -0.25) is 9.69 Å². The van der Waals surface area contributed by atoms with Crippen molar-refractivity contribution in [1.29, 1.82) is 0 Å². The number of hydrogen-bond donors (Lipinski definition) is 1. The molecule has 0 aromatic rings. The molecule has 0 bridgehead atoms. The van der Waals surface area contributed by atoms with E-state index >= 15 is 0 Å². The van der Waals surface area contributed by atoms with Gasteiger partial charge < -0.3 is 9.84 Å². The second-order valence-corrected chi connectivity index (χ2v) is 3.51. The first-order valence-corrected chi connectivity index (χ1v) is 4.70. The zero-order valence-corrected chi connectivity index (χ0v) is 8.03. The van der Waals surface area contributed by atoms with Crippen molar-refractivity contribution >= 4 is 5.97 Å². The summed E-state index contributed by atoms with van der Waals surface area (Å²) in [6, 6.07) is 0.374. The standard InChI is InChI=1S/C9H17NO3/c1-10(7-9(11)12)8-3-2-5-13-6-4-8/h8H,2-7H2,1H3,(H,11,12). The predicted molar refractivity (Wildman–Crippen MR) is 48.7 cm³/mol. The molecule has 0 amide bonds. The van der Waals surface area contributed by atoms with Crippen LogP contribution in [0.1, 0.15) is 19.3 Å². The summed E-state index contributed by atoms with van der Waals surface area (Å²) >= 11 is 0. The van der Waals surface area contributed by atoms with Crippen LogP contribution >= 0.6 is 0 Å². The minimum atomic E-state index is -0.757. The van der Waals surface area contributed by atoms with Gasteiger partial charge in [-0.1, -0.05) is 0 Å². The van der Waals surface area contributed by atoms with E-state index in [1.165, 1.54) is 0 Å². The van der Waals surface area contributed by atoms with Gasteiger partial charge in [0.15, 0.2) is 0 Å². The zero-order valence-electron chi connectivity index (χ0n) is 8.03. The number of rotatable bonds is 3. The Morgan fingerprint density at radius 2 is 2.31 bits per heavy atom. The van der Waals surface area contributed by atoms with Crippen molar-refractivity contribution in [2.45, 2.75) is 25.3 Å². The first-order valence-electron chi connectivity index (χ1n) is 4.70. The normalized spacial score (nSPS) is 24.3. The number of carboxylic acids is 1. The highest BCUT2D eigenvalue weighted by molar-refractivity contribution is 5.69. The lowest BCUT2D eigenvalue weighted by molar-refractivity contribution is -0.138. The Morgan fingerprint density at radius 1 is 1.54 bits per heavy atom. The van der Waals surface area contributed by atoms with Crippen LogP contribution in [0, 0.1) is 0 Å². The smallest absolute Gasteiger partial charge is 0.317 e. The SMILES string of the molecule is CN(CC(=O)O)C1CCCOCC1. The van der Waals surface area contributed by atoms with Crippen molar-refractivity contribution in [3.63, 3.8) is 0 Å². The second kappa shape index (κ2) is 5.19. The third kappa shape index (κ3) is 3.74. The summed E-state index contributed by atoms with van der Waals surface area (Å²) in [7, 11) is 1.87. The van der Waals surface area contributed by atoms with Crippen LogP contribution in [0.5, 0.6) is 0 Å². The number of nitrogens with zero attached hydrogens (tertiary/aromatic N) is 1. The summed E-state index contributed by atoms with van der Waals surface area (Å²) in [5.41, 5.74) is 0. The van der Waals surface area contributed by atoms with Crippen LogP contribution in [-0.4, -0.2) is 48.8 Å². The van der Waals surface area contributed by atoms with Gasteiger partial charge in [0.1, 0.15) is 0 Å². The molecule has 13 heavy (non-hydrogen) atoms. The van der Waals surface area contributed by atoms with Crippen molar-refractivity contribution in [2.24, 2.45) is 0 Å². The topological polar surface area (TPSA) is 49.8 Å². The fraction of sp³-hybridized carbons (Fsp3) is 0.889. The van der Waals surface area contributed by atoms with Gasteiger partial charge in [-0.15, -0.1) is 0 Å². The van der Waals surface area contributed by atoms with Crippen LogP contribution < -0.4 is 0 Å². The van der Waals surface area contributed by atoms with Gasteiger partial charge in [0, 0.05) is 19.3 Å². The quantitative estimate of drug-likeness (QED) is 0.702. The molecule has 1 heterocycles. The van der Waals surface area contributed by atoms with Crippen molar-refractivity contribution in [1.82, 2.24) is 4.90 Å². The molecule has 1 aliphatic heterocycles. The molecule has 0 radical (unpaired) electrons. The van der Waals surface area contributed by atoms with Gasteiger partial charge in [0.05, 0.1) is 6.54 Å². The molecule has 1 saturated heterocycles. The zero-order chi connectivity index (χ0) is 9.68. The Hall–Kier alpha value is -0.610. The Balaban J connectivity index is 2.34. The highest BCUT2D eigenvalue weighted by atomic mass is 16.5. The largest absolute Gasteiger partial charge is 0.480 e. The van der Waals surface area contributed by atoms with Crippen molar-refractivity contribution < 1.29 is 14.6 Å². The fourth-order valence-electron chi connectivity index (χ4n) is 1.67. The average molecular weight is 187 g/mol. The van der Waals surface area contributed by atoms with Gasteiger partial charge in [-0.25, -0.2) is 0 Å². The van der Waals surface area contributed by atoms with Crippen LogP contribution in [0.15, 0.2) is 0 Å². The van der Waals surface area contributed by atoms with E-state index in [-0.39, 0.29) is 6.54 Å². The van der Waals surface area contributed by atoms with Crippen LogP contribution in [0.25, 0.3) is 0 Å². The van der Waals surface area contributed by atoms with E-state index in [0.717, 1.165) is 32.5 Å². The molecule has 1 N–H and O–H groups in total. The molecule has 4 heteroatoms. The molecular formula is C9H17NO3. The number of carboxylic acid groups (broad SMARTS) is 1. The minimum absolute atomic E-state index is 0.130. The molecule has 1 unspecified atom stereocenters. The Bertz CT molecular complexity index is 164. The molecule has 4 nitrogen and oxygen atoms in total. The Morgan fingerprint density at radius 3 is 3.00 bits per heavy atom. The van der Waals surface area contributed by atoms with E-state index in [1.807, 2.05) is 11.9 Å². The Labute approximate surface area is 78.5 Å². The van der Waals surface area contributed by atoms with E-state index in [1.54, 1.807) is 0 Å². The number of likely N-dealkylation sites (N-methyl/N-ethyl adjacent to an activating group) is 1. The molecule has 0 aromatic carbocycles. The molecule has 1 rings (SSSR count). The maximum absolute atomic E-state index is 10.5. The third-order valence-corrected chi connectivity index (χ3v) is 2.43. The maximum atomic E-state index is 10.5. The second-order valence-electron chi connectivity index (χ2n) is 3.51. The first-order chi connectivity index (χ1) is 6.20. The predicted octanol–water partition coefficient (Wildman–Crippen LogP) is 0.572. The number of ether oxygens (including phenoxy) is 1. The monoisotopic (exact) mass is 187 g/mol. The minimum Gasteiger partial charge on any atom is -0.480 e. The van der Waals surface area contributed by atoms with Crippen LogP contribution in [0.3, 0.4) is 0 Å². The summed E-state index contributed by atoms with van der Waals surface area (Å²) in [5.74, 6) is -0.757. The first kappa shape index (κ1) is 10.5. The van der Waals surface area contributed by atoms with Gasteiger partial charge >= 0.3 is 5.97 Å². The maximum Gasteiger partial charge on any atom is 0.317 e. The van der Waals surface area contributed by atoms with E-state index in [2.05, 4.69) is 0 Å². The number of carbonyl (C=O) groups is 1. The van der Waals surface area contributed by atoms with Crippen LogP contribution in [-0.2, 0) is 9.53 Å². The lowest BCUT2D eigenvalue weighted by atomic mass is 10.1. The van der Waals surface area contributed by atoms with Crippen molar-refractivity contribution in [3.8, 4) is 0 Å². The molecule has 76 valence electrons. The summed E-state index contributed by atoms with van der Waals surface area (Å²) in [6.07, 6.45) is 3.03. The molecule has 0 saturated carbocycles. The molecular weight excluding hydrogens is 170 g/mol. The summed E-state index contributed by atoms with van der Waals surface area (Å²) in [4.78, 5) is 12.4. The van der Waals surface area contributed by atoms with Gasteiger partial charge in [0.2, 0.25) is 0 Å². The van der Waals surface area contributed by atoms with E-state index in [9.17, 15) is 4.79 Å². The highest BCUT2D eigenvalue weighted by Crippen LogP contribution is 2.13. The molecule has 0 aromatic heterocycles. The van der Waals surface area contributed by atoms with Gasteiger partial charge in [-0.05, 0) is 26.3 Å². The lowest BCUT2D eigenvalue weighted by Gasteiger charge is -2.24. The lowest BCUT2D eigenvalue weighted by Crippen LogP contribution is -2.35. The van der Waals surface area contributed by atoms with Gasteiger partial charge in [-0.2, -0.15) is 0 Å². The summed E-state index contributed by atoms with van der Waals surface area (Å²) in [6.45, 7) is 1.71. The van der Waals surface area contributed by atoms with E-state index in [4.69, 9.17) is 9.84 Å².